The molecule has 5 atom stereocenters. The Morgan fingerprint density at radius 3 is 2.62 bits per heavy atom. The molecule has 2 aromatic carbocycles. The molecular formula is C38H53N3O11S. The summed E-state index contributed by atoms with van der Waals surface area (Å²) in [4.78, 5) is 26.1. The molecule has 5 rings (SSSR count). The van der Waals surface area contributed by atoms with Gasteiger partial charge in [0.2, 0.25) is 16.8 Å². The number of alkyl carbamates (subject to hydrolysis) is 1. The highest BCUT2D eigenvalue weighted by Crippen LogP contribution is 2.38. The maximum absolute atomic E-state index is 14.5. The van der Waals surface area contributed by atoms with E-state index in [1.807, 2.05) is 44.2 Å². The molecular weight excluding hydrogens is 706 g/mol. The minimum absolute atomic E-state index is 0.0235. The van der Waals surface area contributed by atoms with Crippen LogP contribution in [0, 0.1) is 11.3 Å². The molecule has 53 heavy (non-hydrogen) atoms. The van der Waals surface area contributed by atoms with Crippen LogP contribution in [0.25, 0.3) is 0 Å². The summed E-state index contributed by atoms with van der Waals surface area (Å²) in [5, 5.41) is 25.5. The van der Waals surface area contributed by atoms with E-state index in [0.717, 1.165) is 18.4 Å². The predicted octanol–water partition coefficient (Wildman–Crippen LogP) is 5.01. The molecule has 0 bridgehead atoms. The van der Waals surface area contributed by atoms with Crippen molar-refractivity contribution in [2.45, 2.75) is 88.2 Å². The van der Waals surface area contributed by atoms with Gasteiger partial charge in [0.15, 0.2) is 17.8 Å². The number of aliphatic hydroxyl groups is 1. The number of sulfonamides is 1. The number of carbonyl (C=O) groups is 2. The van der Waals surface area contributed by atoms with Crippen molar-refractivity contribution < 1.29 is 51.9 Å². The third-order valence-electron chi connectivity index (χ3n) is 10.0. The molecule has 2 saturated heterocycles. The Bertz CT molecular complexity index is 1640. The number of fused-ring (bicyclic) bond motifs is 2. The van der Waals surface area contributed by atoms with Crippen LogP contribution in [0.4, 0.5) is 9.59 Å². The van der Waals surface area contributed by atoms with Gasteiger partial charge in [-0.2, -0.15) is 4.31 Å². The van der Waals surface area contributed by atoms with Crippen molar-refractivity contribution in [3.05, 3.63) is 66.7 Å². The van der Waals surface area contributed by atoms with Crippen LogP contribution in [0.3, 0.4) is 0 Å². The topological polar surface area (TPSA) is 173 Å². The lowest BCUT2D eigenvalue weighted by molar-refractivity contribution is -0.0906. The number of ether oxygens (including phenoxy) is 5. The van der Waals surface area contributed by atoms with Gasteiger partial charge < -0.3 is 39.2 Å². The lowest BCUT2D eigenvalue weighted by atomic mass is 9.86. The van der Waals surface area contributed by atoms with Gasteiger partial charge in [-0.05, 0) is 55.2 Å². The lowest BCUT2D eigenvalue weighted by Gasteiger charge is -2.40. The van der Waals surface area contributed by atoms with Crippen molar-refractivity contribution in [2.75, 3.05) is 46.2 Å². The second kappa shape index (κ2) is 18.4. The molecule has 0 aromatic heterocycles. The van der Waals surface area contributed by atoms with E-state index in [1.54, 1.807) is 12.1 Å². The van der Waals surface area contributed by atoms with Crippen molar-refractivity contribution in [1.29, 1.82) is 0 Å². The molecule has 2 aromatic rings. The van der Waals surface area contributed by atoms with E-state index in [9.17, 15) is 28.2 Å². The van der Waals surface area contributed by atoms with Gasteiger partial charge in [0.25, 0.3) is 0 Å². The molecule has 3 aliphatic heterocycles. The lowest BCUT2D eigenvalue weighted by Crippen LogP contribution is -2.58. The number of benzene rings is 2. The van der Waals surface area contributed by atoms with Crippen LogP contribution < -0.4 is 14.8 Å². The third kappa shape index (κ3) is 10.6. The highest BCUT2D eigenvalue weighted by atomic mass is 32.2. The number of unbranched alkanes of at least 4 members (excludes halogenated alkanes) is 2. The van der Waals surface area contributed by atoms with Gasteiger partial charge >= 0.3 is 12.2 Å². The van der Waals surface area contributed by atoms with Crippen LogP contribution in [0.2, 0.25) is 0 Å². The largest absolute Gasteiger partial charge is 0.465 e. The number of rotatable bonds is 20. The highest BCUT2D eigenvalue weighted by Gasteiger charge is 2.49. The molecule has 15 heteroatoms. The van der Waals surface area contributed by atoms with Crippen molar-refractivity contribution >= 4 is 22.2 Å². The maximum Gasteiger partial charge on any atom is 0.407 e. The van der Waals surface area contributed by atoms with E-state index in [2.05, 4.69) is 11.9 Å². The molecule has 0 aliphatic carbocycles. The van der Waals surface area contributed by atoms with Gasteiger partial charge in [0, 0.05) is 31.6 Å². The van der Waals surface area contributed by atoms with E-state index < -0.39 is 52.1 Å². The Hall–Kier alpha value is -3.89. The summed E-state index contributed by atoms with van der Waals surface area (Å²) in [5.41, 5.74) is 0.251. The summed E-state index contributed by atoms with van der Waals surface area (Å²) >= 11 is 0. The summed E-state index contributed by atoms with van der Waals surface area (Å²) in [6.07, 6.45) is 2.31. The molecule has 292 valence electrons. The smallest absolute Gasteiger partial charge is 0.407 e. The fraction of sp³-hybridized carbons (Fsp3) is 0.579. The zero-order chi connectivity index (χ0) is 38.0. The normalized spacial score (nSPS) is 20.5. The highest BCUT2D eigenvalue weighted by molar-refractivity contribution is 7.89. The molecule has 0 spiro atoms. The molecule has 0 saturated carbocycles. The first kappa shape index (κ1) is 40.3. The molecule has 3 heterocycles. The molecule has 3 N–H and O–H groups in total. The number of carbonyl (C=O) groups excluding carboxylic acids is 1. The minimum Gasteiger partial charge on any atom is -0.465 e. The van der Waals surface area contributed by atoms with Crippen LogP contribution >= 0.6 is 0 Å². The second-order valence-corrected chi connectivity index (χ2v) is 16.5. The number of aliphatic hydroxyl groups excluding tert-OH is 1. The first-order chi connectivity index (χ1) is 25.4. The fourth-order valence-electron chi connectivity index (χ4n) is 7.24. The van der Waals surface area contributed by atoms with Crippen LogP contribution in [0.15, 0.2) is 66.1 Å². The third-order valence-corrected chi connectivity index (χ3v) is 11.8. The van der Waals surface area contributed by atoms with Gasteiger partial charge in [-0.15, -0.1) is 6.58 Å². The Morgan fingerprint density at radius 1 is 1.09 bits per heavy atom. The molecule has 3 aliphatic rings. The Balaban J connectivity index is 1.35. The van der Waals surface area contributed by atoms with E-state index in [0.29, 0.717) is 50.3 Å². The average molecular weight is 760 g/mol. The average Bonchev–Trinajstić information content (AvgIpc) is 3.88. The monoisotopic (exact) mass is 759 g/mol. The summed E-state index contributed by atoms with van der Waals surface area (Å²) in [5.74, 6) is 0.531. The van der Waals surface area contributed by atoms with Crippen molar-refractivity contribution in [1.82, 2.24) is 14.5 Å². The number of nitrogens with one attached hydrogen (secondary N) is 1. The first-order valence-corrected chi connectivity index (χ1v) is 19.7. The van der Waals surface area contributed by atoms with Crippen LogP contribution in [-0.4, -0.2) is 111 Å². The van der Waals surface area contributed by atoms with Crippen LogP contribution in [0.5, 0.6) is 11.5 Å². The Labute approximate surface area is 312 Å². The van der Waals surface area contributed by atoms with Crippen molar-refractivity contribution in [2.24, 2.45) is 11.3 Å². The number of hydrogen-bond acceptors (Lipinski definition) is 10. The Kier molecular flexibility index (Phi) is 14.0. The molecule has 2 fully saturated rings. The molecule has 0 unspecified atom stereocenters. The van der Waals surface area contributed by atoms with Gasteiger partial charge in [0.1, 0.15) is 0 Å². The van der Waals surface area contributed by atoms with E-state index in [1.165, 1.54) is 21.3 Å². The number of nitrogens with zero attached hydrogens (tertiary/aromatic N) is 2. The molecule has 0 radical (unpaired) electrons. The van der Waals surface area contributed by atoms with Gasteiger partial charge in [-0.25, -0.2) is 18.0 Å². The predicted molar refractivity (Wildman–Crippen MR) is 195 cm³/mol. The van der Waals surface area contributed by atoms with Crippen LogP contribution in [0.1, 0.15) is 57.9 Å². The summed E-state index contributed by atoms with van der Waals surface area (Å²) in [7, 11) is -4.24. The minimum atomic E-state index is -4.24. The van der Waals surface area contributed by atoms with E-state index in [-0.39, 0.29) is 50.3 Å². The summed E-state index contributed by atoms with van der Waals surface area (Å²) in [6.45, 7) is 8.48. The van der Waals surface area contributed by atoms with E-state index in [4.69, 9.17) is 23.7 Å². The van der Waals surface area contributed by atoms with Crippen LogP contribution in [-0.2, 0) is 30.7 Å². The standard InChI is InChI=1S/C38H53N3O11S/c1-4-5-19-49-36(43)39-18-11-7-10-17-38(2,3)25-40(53(46,47)28-14-15-33-34(22-28)52-26-51-33)23-32(42)30(21-27-12-8-6-9-13-27)41(37(44)45)31-24-50-35-29(31)16-20-48-35/h4,6,8-9,12-15,22,29-32,35,42H,1,5,7,10-11,16-21,23-26H2,2-3H3,(H,39,43)(H,44,45)/t29-,30-,31-,32+,35+/m0/s1. The summed E-state index contributed by atoms with van der Waals surface area (Å²) < 4.78 is 57.7. The van der Waals surface area contributed by atoms with Crippen molar-refractivity contribution in [3.63, 3.8) is 0 Å². The zero-order valence-corrected chi connectivity index (χ0v) is 31.4. The van der Waals surface area contributed by atoms with Crippen molar-refractivity contribution in [3.8, 4) is 11.5 Å². The molecule has 14 nitrogen and oxygen atoms in total. The van der Waals surface area contributed by atoms with Gasteiger partial charge in [-0.3, -0.25) is 4.90 Å². The van der Waals surface area contributed by atoms with Gasteiger partial charge in [-0.1, -0.05) is 63.1 Å². The van der Waals surface area contributed by atoms with E-state index >= 15 is 0 Å². The zero-order valence-electron chi connectivity index (χ0n) is 30.6. The second-order valence-electron chi connectivity index (χ2n) is 14.5. The number of amides is 2. The number of hydrogen-bond donors (Lipinski definition) is 3. The Morgan fingerprint density at radius 2 is 1.87 bits per heavy atom. The summed E-state index contributed by atoms with van der Waals surface area (Å²) in [6, 6.07) is 12.1. The quantitative estimate of drug-likeness (QED) is 0.122. The fourth-order valence-corrected chi connectivity index (χ4v) is 8.90. The van der Waals surface area contributed by atoms with Gasteiger partial charge in [0.05, 0.1) is 42.9 Å². The SMILES string of the molecule is C=CCCOC(=O)NCCCCCC(C)(C)CN(C[C@@H](O)[C@H](Cc1ccccc1)N(C(=O)O)[C@H]1CO[C@H]2OCC[C@H]21)S(=O)(=O)c1ccc2c(c1)OCO2. The molecule has 2 amide bonds. The number of carboxylic acid groups (broad SMARTS) is 1. The first-order valence-electron chi connectivity index (χ1n) is 18.3. The maximum atomic E-state index is 14.5.